The fourth-order valence-corrected chi connectivity index (χ4v) is 6.22. The molecule has 0 unspecified atom stereocenters. The van der Waals surface area contributed by atoms with Gasteiger partial charge in [0.1, 0.15) is 0 Å². The first-order valence-corrected chi connectivity index (χ1v) is 13.2. The maximum Gasteiger partial charge on any atom is 0.243 e. The number of hydrogen-bond acceptors (Lipinski definition) is 5. The average Bonchev–Trinajstić information content (AvgIpc) is 3.52. The van der Waals surface area contributed by atoms with Crippen molar-refractivity contribution in [2.45, 2.75) is 42.7 Å². The Kier molecular flexibility index (Phi) is 6.11. The number of benzene rings is 2. The van der Waals surface area contributed by atoms with Gasteiger partial charge in [0.2, 0.25) is 21.8 Å². The molecule has 2 aromatic rings. The largest absolute Gasteiger partial charge is 0.352 e. The van der Waals surface area contributed by atoms with Crippen LogP contribution in [0.3, 0.4) is 0 Å². The molecule has 5 rings (SSSR count). The Morgan fingerprint density at radius 1 is 0.909 bits per heavy atom. The fraction of sp³-hybridized carbons (Fsp3) is 0.500. The second-order valence-corrected chi connectivity index (χ2v) is 11.1. The topological polar surface area (TPSA) is 90.0 Å². The van der Waals surface area contributed by atoms with Crippen molar-refractivity contribution in [1.29, 1.82) is 0 Å². The third kappa shape index (κ3) is 4.76. The number of hydrogen-bond donors (Lipinski definition) is 1. The number of fused-ring (bicyclic) bond motifs is 1. The third-order valence-electron chi connectivity index (χ3n) is 6.88. The Labute approximate surface area is 194 Å². The van der Waals surface area contributed by atoms with Gasteiger partial charge in [-0.25, -0.2) is 8.42 Å². The van der Waals surface area contributed by atoms with Crippen LogP contribution in [0.5, 0.6) is 0 Å². The molecule has 0 aromatic heterocycles. The highest BCUT2D eigenvalue weighted by Crippen LogP contribution is 2.24. The van der Waals surface area contributed by atoms with E-state index in [1.807, 2.05) is 35.2 Å². The molecule has 2 aliphatic heterocycles. The van der Waals surface area contributed by atoms with E-state index in [1.165, 1.54) is 4.31 Å². The highest BCUT2D eigenvalue weighted by Gasteiger charge is 2.36. The lowest BCUT2D eigenvalue weighted by atomic mass is 10.1. The van der Waals surface area contributed by atoms with E-state index in [9.17, 15) is 18.0 Å². The normalized spacial score (nSPS) is 22.5. The van der Waals surface area contributed by atoms with Crippen molar-refractivity contribution in [2.75, 3.05) is 39.3 Å². The van der Waals surface area contributed by atoms with Crippen molar-refractivity contribution < 1.29 is 18.0 Å². The second kappa shape index (κ2) is 9.04. The van der Waals surface area contributed by atoms with E-state index < -0.39 is 10.0 Å². The predicted molar refractivity (Wildman–Crippen MR) is 125 cm³/mol. The van der Waals surface area contributed by atoms with Crippen LogP contribution in [-0.4, -0.2) is 85.7 Å². The van der Waals surface area contributed by atoms with Crippen LogP contribution in [0, 0.1) is 0 Å². The number of nitrogens with zero attached hydrogens (tertiary/aromatic N) is 3. The quantitative estimate of drug-likeness (QED) is 0.690. The van der Waals surface area contributed by atoms with Crippen LogP contribution in [0.2, 0.25) is 0 Å². The van der Waals surface area contributed by atoms with Gasteiger partial charge in [0.25, 0.3) is 0 Å². The molecule has 0 bridgehead atoms. The zero-order chi connectivity index (χ0) is 23.0. The van der Waals surface area contributed by atoms with E-state index in [-0.39, 0.29) is 42.4 Å². The van der Waals surface area contributed by atoms with Crippen LogP contribution in [0.4, 0.5) is 0 Å². The van der Waals surface area contributed by atoms with Crippen LogP contribution in [-0.2, 0) is 19.6 Å². The molecular formula is C24H30N4O4S. The van der Waals surface area contributed by atoms with Crippen molar-refractivity contribution in [1.82, 2.24) is 19.4 Å². The molecule has 0 radical (unpaired) electrons. The van der Waals surface area contributed by atoms with Gasteiger partial charge in [-0.3, -0.25) is 14.5 Å². The van der Waals surface area contributed by atoms with E-state index in [2.05, 4.69) is 5.32 Å². The van der Waals surface area contributed by atoms with Crippen LogP contribution >= 0.6 is 0 Å². The van der Waals surface area contributed by atoms with Gasteiger partial charge in [-0.05, 0) is 55.1 Å². The molecule has 3 fully saturated rings. The highest BCUT2D eigenvalue weighted by atomic mass is 32.2. The number of carbonyl (C=O) groups excluding carboxylic acids is 2. The monoisotopic (exact) mass is 470 g/mol. The highest BCUT2D eigenvalue weighted by molar-refractivity contribution is 7.89. The number of nitrogens with one attached hydrogen (secondary N) is 1. The van der Waals surface area contributed by atoms with E-state index in [4.69, 9.17) is 0 Å². The molecule has 33 heavy (non-hydrogen) atoms. The van der Waals surface area contributed by atoms with Gasteiger partial charge in [-0.15, -0.1) is 0 Å². The molecule has 8 nitrogen and oxygen atoms in total. The molecule has 2 amide bonds. The Morgan fingerprint density at radius 3 is 2.36 bits per heavy atom. The summed E-state index contributed by atoms with van der Waals surface area (Å²) in [5, 5.41) is 4.93. The predicted octanol–water partition coefficient (Wildman–Crippen LogP) is 1.42. The summed E-state index contributed by atoms with van der Waals surface area (Å²) in [6.45, 7) is 2.21. The zero-order valence-corrected chi connectivity index (χ0v) is 19.5. The standard InChI is InChI=1S/C24H30N4O4S/c29-23(17-27-11-3-6-22(27)24(30)25-20-8-9-20)26-12-14-28(15-13-26)33(31,32)21-10-7-18-4-1-2-5-19(18)16-21/h1-2,4-5,7,10,16,20,22H,3,6,8-9,11-15,17H2,(H,25,30)/t22-/m1/s1. The second-order valence-electron chi connectivity index (χ2n) is 9.21. The average molecular weight is 471 g/mol. The molecule has 0 spiro atoms. The lowest BCUT2D eigenvalue weighted by Crippen LogP contribution is -2.54. The summed E-state index contributed by atoms with van der Waals surface area (Å²) >= 11 is 0. The molecule has 1 aliphatic carbocycles. The molecule has 1 N–H and O–H groups in total. The van der Waals surface area contributed by atoms with Crippen molar-refractivity contribution in [3.8, 4) is 0 Å². The van der Waals surface area contributed by atoms with Gasteiger partial charge in [-0.2, -0.15) is 4.31 Å². The molecule has 1 saturated carbocycles. The van der Waals surface area contributed by atoms with E-state index in [1.54, 1.807) is 17.0 Å². The first-order valence-electron chi connectivity index (χ1n) is 11.7. The van der Waals surface area contributed by atoms with E-state index in [0.717, 1.165) is 43.0 Å². The molecule has 2 aromatic carbocycles. The number of rotatable bonds is 6. The maximum absolute atomic E-state index is 13.2. The Balaban J connectivity index is 1.18. The van der Waals surface area contributed by atoms with Crippen LogP contribution < -0.4 is 5.32 Å². The molecule has 2 heterocycles. The first kappa shape index (κ1) is 22.3. The van der Waals surface area contributed by atoms with Crippen LogP contribution in [0.15, 0.2) is 47.4 Å². The Hall–Kier alpha value is -2.49. The van der Waals surface area contributed by atoms with Crippen molar-refractivity contribution in [3.05, 3.63) is 42.5 Å². The number of sulfonamides is 1. The van der Waals surface area contributed by atoms with E-state index in [0.29, 0.717) is 19.1 Å². The summed E-state index contributed by atoms with van der Waals surface area (Å²) in [5.41, 5.74) is 0. The number of carbonyl (C=O) groups is 2. The van der Waals surface area contributed by atoms with Crippen molar-refractivity contribution in [3.63, 3.8) is 0 Å². The van der Waals surface area contributed by atoms with Gasteiger partial charge in [-0.1, -0.05) is 30.3 Å². The Morgan fingerprint density at radius 2 is 1.64 bits per heavy atom. The minimum absolute atomic E-state index is 0.0362. The molecular weight excluding hydrogens is 440 g/mol. The summed E-state index contributed by atoms with van der Waals surface area (Å²) in [7, 11) is -3.62. The molecule has 2 saturated heterocycles. The summed E-state index contributed by atoms with van der Waals surface area (Å²) in [6, 6.07) is 12.9. The van der Waals surface area contributed by atoms with Crippen LogP contribution in [0.25, 0.3) is 10.8 Å². The minimum atomic E-state index is -3.62. The van der Waals surface area contributed by atoms with Gasteiger partial charge >= 0.3 is 0 Å². The minimum Gasteiger partial charge on any atom is -0.352 e. The molecule has 176 valence electrons. The van der Waals surface area contributed by atoms with Gasteiger partial charge in [0.05, 0.1) is 17.5 Å². The van der Waals surface area contributed by atoms with E-state index >= 15 is 0 Å². The lowest BCUT2D eigenvalue weighted by Gasteiger charge is -2.35. The summed E-state index contributed by atoms with van der Waals surface area (Å²) in [4.78, 5) is 29.4. The fourth-order valence-electron chi connectivity index (χ4n) is 4.77. The molecule has 9 heteroatoms. The van der Waals surface area contributed by atoms with Crippen LogP contribution in [0.1, 0.15) is 25.7 Å². The SMILES string of the molecule is O=C(NC1CC1)[C@H]1CCCN1CC(=O)N1CCN(S(=O)(=O)c2ccc3ccccc3c2)CC1. The lowest BCUT2D eigenvalue weighted by molar-refractivity contribution is -0.135. The third-order valence-corrected chi connectivity index (χ3v) is 8.77. The van der Waals surface area contributed by atoms with Gasteiger partial charge < -0.3 is 10.2 Å². The number of likely N-dealkylation sites (tertiary alicyclic amines) is 1. The number of amides is 2. The Bertz CT molecular complexity index is 1160. The van der Waals surface area contributed by atoms with Gasteiger partial charge in [0.15, 0.2) is 0 Å². The summed E-state index contributed by atoms with van der Waals surface area (Å²) in [6.07, 6.45) is 3.78. The maximum atomic E-state index is 13.2. The van der Waals surface area contributed by atoms with Crippen molar-refractivity contribution in [2.24, 2.45) is 0 Å². The summed E-state index contributed by atoms with van der Waals surface area (Å²) < 4.78 is 27.8. The zero-order valence-electron chi connectivity index (χ0n) is 18.7. The number of piperazine rings is 1. The molecule has 3 aliphatic rings. The smallest absolute Gasteiger partial charge is 0.243 e. The van der Waals surface area contributed by atoms with Crippen molar-refractivity contribution >= 4 is 32.6 Å². The van der Waals surface area contributed by atoms with Gasteiger partial charge in [0, 0.05) is 32.2 Å². The first-order chi connectivity index (χ1) is 15.9. The molecule has 1 atom stereocenters. The summed E-state index contributed by atoms with van der Waals surface area (Å²) in [5.74, 6) is -0.00188.